The van der Waals surface area contributed by atoms with Gasteiger partial charge in [-0.05, 0) is 63.6 Å². The van der Waals surface area contributed by atoms with Crippen LogP contribution in [-0.2, 0) is 6.54 Å². The molecule has 2 amide bonds. The number of pyridine rings is 1. The van der Waals surface area contributed by atoms with Gasteiger partial charge in [-0.15, -0.1) is 0 Å². The molecule has 4 aromatic rings. The number of anilines is 1. The summed E-state index contributed by atoms with van der Waals surface area (Å²) >= 11 is 0. The van der Waals surface area contributed by atoms with E-state index in [1.54, 1.807) is 41.4 Å². The fraction of sp³-hybridized carbons (Fsp3) is 0.259. The Kier molecular flexibility index (Phi) is 6.72. The third-order valence-electron chi connectivity index (χ3n) is 5.88. The van der Waals surface area contributed by atoms with Gasteiger partial charge in [-0.25, -0.2) is 9.67 Å². The Morgan fingerprint density at radius 1 is 0.971 bits per heavy atom. The lowest BCUT2D eigenvalue weighted by atomic mass is 10.1. The number of carbonyl (C=O) groups is 2. The predicted molar refractivity (Wildman–Crippen MR) is 134 cm³/mol. The van der Waals surface area contributed by atoms with Crippen LogP contribution in [0, 0.1) is 13.8 Å². The molecule has 0 aliphatic rings. The van der Waals surface area contributed by atoms with E-state index in [1.165, 1.54) is 5.56 Å². The third-order valence-corrected chi connectivity index (χ3v) is 5.88. The van der Waals surface area contributed by atoms with E-state index in [2.05, 4.69) is 46.6 Å². The average Bonchev–Trinajstić information content (AvgIpc) is 3.23. The van der Waals surface area contributed by atoms with Gasteiger partial charge in [0.05, 0.1) is 23.7 Å². The topological polar surface area (TPSA) is 80.1 Å². The molecule has 0 unspecified atom stereocenters. The zero-order chi connectivity index (χ0) is 24.2. The summed E-state index contributed by atoms with van der Waals surface area (Å²) in [5.74, 6) is -0.261. The van der Waals surface area contributed by atoms with Crippen LogP contribution in [0.4, 0.5) is 5.69 Å². The predicted octanol–water partition coefficient (Wildman–Crippen LogP) is 4.83. The molecule has 0 saturated carbocycles. The monoisotopic (exact) mass is 455 g/mol. The molecule has 4 rings (SSSR count). The highest BCUT2D eigenvalue weighted by Gasteiger charge is 2.17. The number of benzene rings is 2. The first-order valence-corrected chi connectivity index (χ1v) is 11.5. The molecule has 0 spiro atoms. The Morgan fingerprint density at radius 2 is 1.65 bits per heavy atom. The molecule has 0 radical (unpaired) electrons. The molecule has 2 aromatic carbocycles. The molecule has 0 fully saturated rings. The van der Waals surface area contributed by atoms with Gasteiger partial charge in [-0.3, -0.25) is 9.59 Å². The summed E-state index contributed by atoms with van der Waals surface area (Å²) < 4.78 is 1.82. The van der Waals surface area contributed by atoms with E-state index in [0.717, 1.165) is 11.3 Å². The quantitative estimate of drug-likeness (QED) is 0.433. The fourth-order valence-corrected chi connectivity index (χ4v) is 3.93. The van der Waals surface area contributed by atoms with E-state index in [9.17, 15) is 9.59 Å². The van der Waals surface area contributed by atoms with Gasteiger partial charge < -0.3 is 10.2 Å². The molecule has 7 nitrogen and oxygen atoms in total. The van der Waals surface area contributed by atoms with Crippen molar-refractivity contribution >= 4 is 28.5 Å². The molecule has 0 aliphatic carbocycles. The number of nitrogens with one attached hydrogen (secondary N) is 1. The van der Waals surface area contributed by atoms with Crippen LogP contribution in [0.5, 0.6) is 0 Å². The van der Waals surface area contributed by atoms with Gasteiger partial charge in [-0.1, -0.05) is 29.8 Å². The minimum atomic E-state index is -0.242. The van der Waals surface area contributed by atoms with Crippen molar-refractivity contribution in [3.8, 4) is 0 Å². The molecular formula is C27H29N5O2. The van der Waals surface area contributed by atoms with Crippen LogP contribution in [0.25, 0.3) is 11.0 Å². The molecule has 1 N–H and O–H groups in total. The van der Waals surface area contributed by atoms with Crippen molar-refractivity contribution in [2.45, 2.75) is 34.2 Å². The van der Waals surface area contributed by atoms with Gasteiger partial charge in [0.1, 0.15) is 0 Å². The number of aromatic nitrogens is 3. The first-order chi connectivity index (χ1) is 16.4. The lowest BCUT2D eigenvalue weighted by molar-refractivity contribution is 0.0773. The molecule has 2 heterocycles. The van der Waals surface area contributed by atoms with E-state index >= 15 is 0 Å². The maximum Gasteiger partial charge on any atom is 0.256 e. The van der Waals surface area contributed by atoms with Crippen molar-refractivity contribution in [2.75, 3.05) is 18.4 Å². The smallest absolute Gasteiger partial charge is 0.256 e. The Labute approximate surface area is 199 Å². The number of hydrogen-bond donors (Lipinski definition) is 1. The van der Waals surface area contributed by atoms with E-state index in [0.29, 0.717) is 47.5 Å². The normalized spacial score (nSPS) is 10.9. The van der Waals surface area contributed by atoms with Gasteiger partial charge in [0.15, 0.2) is 5.65 Å². The van der Waals surface area contributed by atoms with Crippen LogP contribution in [0.3, 0.4) is 0 Å². The van der Waals surface area contributed by atoms with Crippen LogP contribution in [0.1, 0.15) is 51.4 Å². The second-order valence-corrected chi connectivity index (χ2v) is 8.35. The van der Waals surface area contributed by atoms with E-state index in [-0.39, 0.29) is 11.8 Å². The van der Waals surface area contributed by atoms with Crippen LogP contribution < -0.4 is 5.32 Å². The van der Waals surface area contributed by atoms with Crippen LogP contribution in [0.15, 0.2) is 60.8 Å². The maximum absolute atomic E-state index is 13.2. The number of hydrogen-bond acceptors (Lipinski definition) is 4. The second-order valence-electron chi connectivity index (χ2n) is 8.35. The first-order valence-electron chi connectivity index (χ1n) is 11.5. The maximum atomic E-state index is 13.2. The molecule has 7 heteroatoms. The molecule has 0 atom stereocenters. The average molecular weight is 456 g/mol. The van der Waals surface area contributed by atoms with E-state index < -0.39 is 0 Å². The Balaban J connectivity index is 1.56. The molecule has 0 aliphatic heterocycles. The molecule has 2 aromatic heterocycles. The van der Waals surface area contributed by atoms with Gasteiger partial charge in [0.2, 0.25) is 0 Å². The van der Waals surface area contributed by atoms with Crippen molar-refractivity contribution < 1.29 is 9.59 Å². The Morgan fingerprint density at radius 3 is 2.29 bits per heavy atom. The van der Waals surface area contributed by atoms with Gasteiger partial charge in [0.25, 0.3) is 11.8 Å². The molecule has 0 saturated heterocycles. The standard InChI is InChI=1S/C27H29N5O2/c1-5-31(6-2)27(34)21-11-13-22(14-12-21)30-26(33)23-15-19(4)29-25-24(23)16-28-32(25)17-20-9-7-18(3)8-10-20/h7-16H,5-6,17H2,1-4H3,(H,30,33). The number of nitrogens with zero attached hydrogens (tertiary/aromatic N) is 4. The summed E-state index contributed by atoms with van der Waals surface area (Å²) in [6.45, 7) is 9.72. The fourth-order valence-electron chi connectivity index (χ4n) is 3.93. The summed E-state index contributed by atoms with van der Waals surface area (Å²) in [7, 11) is 0. The SMILES string of the molecule is CCN(CC)C(=O)c1ccc(NC(=O)c2cc(C)nc3c2cnn3Cc2ccc(C)cc2)cc1. The van der Waals surface area contributed by atoms with Gasteiger partial charge in [-0.2, -0.15) is 5.10 Å². The van der Waals surface area contributed by atoms with Gasteiger partial charge in [0, 0.05) is 30.0 Å². The van der Waals surface area contributed by atoms with Crippen molar-refractivity contribution in [3.63, 3.8) is 0 Å². The highest BCUT2D eigenvalue weighted by molar-refractivity contribution is 6.12. The number of aryl methyl sites for hydroxylation is 2. The number of rotatable bonds is 7. The van der Waals surface area contributed by atoms with Crippen molar-refractivity contribution in [1.29, 1.82) is 0 Å². The summed E-state index contributed by atoms with van der Waals surface area (Å²) in [4.78, 5) is 32.1. The Hall–Kier alpha value is -4.00. The third kappa shape index (κ3) is 4.83. The summed E-state index contributed by atoms with van der Waals surface area (Å²) in [5.41, 5.74) is 5.46. The van der Waals surface area contributed by atoms with Gasteiger partial charge >= 0.3 is 0 Å². The lowest BCUT2D eigenvalue weighted by Crippen LogP contribution is -2.30. The largest absolute Gasteiger partial charge is 0.339 e. The van der Waals surface area contributed by atoms with Crippen LogP contribution in [-0.4, -0.2) is 44.6 Å². The summed E-state index contributed by atoms with van der Waals surface area (Å²) in [5, 5.41) is 8.14. The molecular weight excluding hydrogens is 426 g/mol. The van der Waals surface area contributed by atoms with Crippen molar-refractivity contribution in [3.05, 3.63) is 88.7 Å². The Bertz CT molecular complexity index is 1320. The van der Waals surface area contributed by atoms with E-state index in [1.807, 2.05) is 25.5 Å². The van der Waals surface area contributed by atoms with Crippen molar-refractivity contribution in [1.82, 2.24) is 19.7 Å². The highest BCUT2D eigenvalue weighted by Crippen LogP contribution is 2.21. The minimum absolute atomic E-state index is 0.0182. The zero-order valence-electron chi connectivity index (χ0n) is 20.0. The minimum Gasteiger partial charge on any atom is -0.339 e. The number of fused-ring (bicyclic) bond motifs is 1. The van der Waals surface area contributed by atoms with Crippen LogP contribution in [0.2, 0.25) is 0 Å². The van der Waals surface area contributed by atoms with Crippen LogP contribution >= 0.6 is 0 Å². The van der Waals surface area contributed by atoms with E-state index in [4.69, 9.17) is 0 Å². The summed E-state index contributed by atoms with van der Waals surface area (Å²) in [6, 6.07) is 17.0. The highest BCUT2D eigenvalue weighted by atomic mass is 16.2. The van der Waals surface area contributed by atoms with Crippen molar-refractivity contribution in [2.24, 2.45) is 0 Å². The molecule has 34 heavy (non-hydrogen) atoms. The first kappa shape index (κ1) is 23.2. The molecule has 174 valence electrons. The summed E-state index contributed by atoms with van der Waals surface area (Å²) in [6.07, 6.45) is 1.69. The lowest BCUT2D eigenvalue weighted by Gasteiger charge is -2.18. The molecule has 0 bridgehead atoms. The second kappa shape index (κ2) is 9.87. The zero-order valence-corrected chi connectivity index (χ0v) is 20.0. The number of carbonyl (C=O) groups excluding carboxylic acids is 2. The number of amides is 2.